The fourth-order valence-corrected chi connectivity index (χ4v) is 1.19. The molecule has 1 rings (SSSR count). The minimum atomic E-state index is -1.57. The van der Waals surface area contributed by atoms with Gasteiger partial charge in [0.05, 0.1) is 11.5 Å². The molecule has 0 heterocycles. The molecule has 6 heteroatoms. The van der Waals surface area contributed by atoms with Gasteiger partial charge in [0.2, 0.25) is 0 Å². The zero-order chi connectivity index (χ0) is 12.5. The first-order valence-electron chi connectivity index (χ1n) is 4.29. The summed E-state index contributed by atoms with van der Waals surface area (Å²) in [5.74, 6) is -6.43. The van der Waals surface area contributed by atoms with Gasteiger partial charge in [0.15, 0.2) is 0 Å². The quantitative estimate of drug-likeness (QED) is 0.830. The van der Waals surface area contributed by atoms with Crippen LogP contribution in [0.15, 0.2) is 12.1 Å². The van der Waals surface area contributed by atoms with Crippen LogP contribution < -0.4 is 0 Å². The number of benzene rings is 1. The summed E-state index contributed by atoms with van der Waals surface area (Å²) in [5.41, 5.74) is -1.10. The van der Waals surface area contributed by atoms with Crippen LogP contribution >= 0.6 is 0 Å². The highest BCUT2D eigenvalue weighted by atomic mass is 19.1. The number of halogens is 2. The van der Waals surface area contributed by atoms with Crippen LogP contribution in [0.1, 0.15) is 28.8 Å². The van der Waals surface area contributed by atoms with Crippen molar-refractivity contribution in [2.45, 2.75) is 12.8 Å². The van der Waals surface area contributed by atoms with Gasteiger partial charge in [-0.15, -0.1) is 0 Å². The van der Waals surface area contributed by atoms with Crippen molar-refractivity contribution in [2.75, 3.05) is 0 Å². The van der Waals surface area contributed by atoms with Crippen LogP contribution in [0.4, 0.5) is 8.78 Å². The number of hydrogen-bond donors (Lipinski definition) is 2. The molecule has 16 heavy (non-hydrogen) atoms. The van der Waals surface area contributed by atoms with E-state index >= 15 is 0 Å². The third-order valence-electron chi connectivity index (χ3n) is 2.15. The van der Waals surface area contributed by atoms with E-state index in [9.17, 15) is 18.4 Å². The average Bonchev–Trinajstić information content (AvgIpc) is 2.16. The van der Waals surface area contributed by atoms with Crippen LogP contribution in [0.2, 0.25) is 0 Å². The minimum Gasteiger partial charge on any atom is -0.481 e. The Bertz CT molecular complexity index is 456. The second kappa shape index (κ2) is 4.26. The molecule has 1 aromatic rings. The molecule has 0 fully saturated rings. The van der Waals surface area contributed by atoms with Crippen LogP contribution in [0.3, 0.4) is 0 Å². The highest BCUT2D eigenvalue weighted by Crippen LogP contribution is 2.22. The standard InChI is InChI=1S/C10H8F2O4/c1-4(9(13)14)5-2-6(10(15)16)8(12)3-7(5)11/h2-4H,1H3,(H,13,14)(H,15,16). The van der Waals surface area contributed by atoms with E-state index in [2.05, 4.69) is 0 Å². The van der Waals surface area contributed by atoms with Crippen molar-refractivity contribution in [3.8, 4) is 0 Å². The average molecular weight is 230 g/mol. The van der Waals surface area contributed by atoms with Gasteiger partial charge in [-0.2, -0.15) is 0 Å². The number of aromatic carboxylic acids is 1. The summed E-state index contributed by atoms with van der Waals surface area (Å²) in [4.78, 5) is 21.2. The normalized spacial score (nSPS) is 12.2. The van der Waals surface area contributed by atoms with Crippen LogP contribution in [-0.2, 0) is 4.79 Å². The second-order valence-corrected chi connectivity index (χ2v) is 3.22. The Morgan fingerprint density at radius 2 is 1.75 bits per heavy atom. The zero-order valence-electron chi connectivity index (χ0n) is 8.20. The first-order chi connectivity index (χ1) is 7.34. The maximum absolute atomic E-state index is 13.2. The van der Waals surface area contributed by atoms with E-state index in [0.717, 1.165) is 0 Å². The van der Waals surface area contributed by atoms with Gasteiger partial charge in [0, 0.05) is 11.6 Å². The van der Waals surface area contributed by atoms with Gasteiger partial charge < -0.3 is 10.2 Å². The molecule has 1 aromatic carbocycles. The predicted octanol–water partition coefficient (Wildman–Crippen LogP) is 1.85. The molecular weight excluding hydrogens is 222 g/mol. The summed E-state index contributed by atoms with van der Waals surface area (Å²) >= 11 is 0. The SMILES string of the molecule is CC(C(=O)O)c1cc(C(=O)O)c(F)cc1F. The summed E-state index contributed by atoms with van der Waals surface area (Å²) in [6.45, 7) is 1.18. The van der Waals surface area contributed by atoms with Gasteiger partial charge in [-0.3, -0.25) is 4.79 Å². The molecule has 0 radical (unpaired) electrons. The fourth-order valence-electron chi connectivity index (χ4n) is 1.19. The summed E-state index contributed by atoms with van der Waals surface area (Å²) in [7, 11) is 0. The lowest BCUT2D eigenvalue weighted by molar-refractivity contribution is -0.138. The minimum absolute atomic E-state index is 0.355. The molecule has 2 N–H and O–H groups in total. The molecule has 4 nitrogen and oxygen atoms in total. The van der Waals surface area contributed by atoms with E-state index in [1.807, 2.05) is 0 Å². The molecule has 86 valence electrons. The molecule has 0 aliphatic rings. The van der Waals surface area contributed by atoms with Crippen LogP contribution in [-0.4, -0.2) is 22.2 Å². The molecule has 0 aromatic heterocycles. The molecule has 0 saturated carbocycles. The molecule has 0 bridgehead atoms. The monoisotopic (exact) mass is 230 g/mol. The van der Waals surface area contributed by atoms with Gasteiger partial charge in [-0.05, 0) is 13.0 Å². The van der Waals surface area contributed by atoms with Crippen molar-refractivity contribution in [2.24, 2.45) is 0 Å². The molecule has 1 atom stereocenters. The van der Waals surface area contributed by atoms with Crippen LogP contribution in [0.5, 0.6) is 0 Å². The number of carboxylic acids is 2. The van der Waals surface area contributed by atoms with E-state index in [4.69, 9.17) is 10.2 Å². The summed E-state index contributed by atoms with van der Waals surface area (Å²) < 4.78 is 26.2. The topological polar surface area (TPSA) is 74.6 Å². The van der Waals surface area contributed by atoms with Crippen molar-refractivity contribution in [1.82, 2.24) is 0 Å². The van der Waals surface area contributed by atoms with E-state index in [0.29, 0.717) is 12.1 Å². The third kappa shape index (κ3) is 2.16. The fraction of sp³-hybridized carbons (Fsp3) is 0.200. The maximum atomic E-state index is 13.2. The van der Waals surface area contributed by atoms with Gasteiger partial charge in [-0.1, -0.05) is 0 Å². The first kappa shape index (κ1) is 12.1. The van der Waals surface area contributed by atoms with E-state index in [1.54, 1.807) is 0 Å². The maximum Gasteiger partial charge on any atom is 0.338 e. The number of aliphatic carboxylic acids is 1. The summed E-state index contributed by atoms with van der Waals surface area (Å²) in [6.07, 6.45) is 0. The number of hydrogen-bond acceptors (Lipinski definition) is 2. The van der Waals surface area contributed by atoms with Crippen molar-refractivity contribution in [3.63, 3.8) is 0 Å². The van der Waals surface area contributed by atoms with Crippen molar-refractivity contribution >= 4 is 11.9 Å². The van der Waals surface area contributed by atoms with Gasteiger partial charge in [-0.25, -0.2) is 13.6 Å². The predicted molar refractivity (Wildman–Crippen MR) is 49.4 cm³/mol. The molecule has 0 saturated heterocycles. The molecule has 0 aliphatic carbocycles. The lowest BCUT2D eigenvalue weighted by Gasteiger charge is -2.09. The Hall–Kier alpha value is -1.98. The van der Waals surface area contributed by atoms with Crippen molar-refractivity contribution < 1.29 is 28.6 Å². The zero-order valence-corrected chi connectivity index (χ0v) is 8.20. The van der Waals surface area contributed by atoms with Crippen molar-refractivity contribution in [1.29, 1.82) is 0 Å². The van der Waals surface area contributed by atoms with Gasteiger partial charge >= 0.3 is 11.9 Å². The van der Waals surface area contributed by atoms with Crippen molar-refractivity contribution in [3.05, 3.63) is 34.9 Å². The largest absolute Gasteiger partial charge is 0.481 e. The Kier molecular flexibility index (Phi) is 3.22. The molecule has 0 aliphatic heterocycles. The van der Waals surface area contributed by atoms with E-state index in [1.165, 1.54) is 6.92 Å². The van der Waals surface area contributed by atoms with Gasteiger partial charge in [0.1, 0.15) is 11.6 Å². The highest BCUT2D eigenvalue weighted by molar-refractivity contribution is 5.88. The molecule has 0 amide bonds. The second-order valence-electron chi connectivity index (χ2n) is 3.22. The lowest BCUT2D eigenvalue weighted by atomic mass is 9.98. The Balaban J connectivity index is 3.35. The van der Waals surface area contributed by atoms with Crippen LogP contribution in [0, 0.1) is 11.6 Å². The molecule has 0 spiro atoms. The third-order valence-corrected chi connectivity index (χ3v) is 2.15. The molecule has 1 unspecified atom stereocenters. The summed E-state index contributed by atoms with van der Waals surface area (Å²) in [6, 6.07) is 1.07. The number of carbonyl (C=O) groups is 2. The smallest absolute Gasteiger partial charge is 0.338 e. The Morgan fingerprint density at radius 1 is 1.19 bits per heavy atom. The Morgan fingerprint density at radius 3 is 2.19 bits per heavy atom. The summed E-state index contributed by atoms with van der Waals surface area (Å²) in [5, 5.41) is 17.2. The Labute approximate surface area is 89.1 Å². The molecular formula is C10H8F2O4. The number of rotatable bonds is 3. The lowest BCUT2D eigenvalue weighted by Crippen LogP contribution is -2.12. The highest BCUT2D eigenvalue weighted by Gasteiger charge is 2.22. The van der Waals surface area contributed by atoms with Gasteiger partial charge in [0.25, 0.3) is 0 Å². The number of carboxylic acid groups (broad SMARTS) is 2. The van der Waals surface area contributed by atoms with E-state index < -0.39 is 35.1 Å². The van der Waals surface area contributed by atoms with Crippen LogP contribution in [0.25, 0.3) is 0 Å². The van der Waals surface area contributed by atoms with E-state index in [-0.39, 0.29) is 5.56 Å². The first-order valence-corrected chi connectivity index (χ1v) is 4.29.